The lowest BCUT2D eigenvalue weighted by molar-refractivity contribution is -0.138. The number of ether oxygens (including phenoxy) is 2. The van der Waals surface area contributed by atoms with Crippen LogP contribution in [0, 0.1) is 17.2 Å². The van der Waals surface area contributed by atoms with E-state index < -0.39 is 11.8 Å². The molecule has 1 aromatic rings. The predicted molar refractivity (Wildman–Crippen MR) is 97.4 cm³/mol. The minimum Gasteiger partial charge on any atom is -0.493 e. The SMILES string of the molecule is COc1cc(/C=C2/C(=O)N(C)C(=O)C(C#N)=C2C)ccc1OCC(C)C. The van der Waals surface area contributed by atoms with E-state index in [1.807, 2.05) is 6.07 Å². The second-order valence-corrected chi connectivity index (χ2v) is 6.45. The maximum atomic E-state index is 12.4. The van der Waals surface area contributed by atoms with Gasteiger partial charge < -0.3 is 9.47 Å². The van der Waals surface area contributed by atoms with Crippen LogP contribution in [0.1, 0.15) is 26.3 Å². The third-order valence-corrected chi connectivity index (χ3v) is 4.02. The van der Waals surface area contributed by atoms with Gasteiger partial charge in [0.15, 0.2) is 11.5 Å². The highest BCUT2D eigenvalue weighted by Crippen LogP contribution is 2.31. The number of likely N-dealkylation sites (N-methyl/N-ethyl adjacent to an activating group) is 1. The molecule has 0 N–H and O–H groups in total. The van der Waals surface area contributed by atoms with Gasteiger partial charge in [0.2, 0.25) is 0 Å². The van der Waals surface area contributed by atoms with Gasteiger partial charge in [-0.15, -0.1) is 0 Å². The van der Waals surface area contributed by atoms with Crippen LogP contribution in [0.5, 0.6) is 11.5 Å². The van der Waals surface area contributed by atoms with Crippen LogP contribution >= 0.6 is 0 Å². The Morgan fingerprint density at radius 3 is 2.50 bits per heavy atom. The van der Waals surface area contributed by atoms with E-state index in [1.54, 1.807) is 38.3 Å². The maximum Gasteiger partial charge on any atom is 0.271 e. The van der Waals surface area contributed by atoms with E-state index in [2.05, 4.69) is 13.8 Å². The van der Waals surface area contributed by atoms with E-state index in [1.165, 1.54) is 7.05 Å². The summed E-state index contributed by atoms with van der Waals surface area (Å²) in [6, 6.07) is 7.21. The molecule has 6 nitrogen and oxygen atoms in total. The smallest absolute Gasteiger partial charge is 0.271 e. The monoisotopic (exact) mass is 354 g/mol. The molecule has 2 amide bonds. The molecular formula is C20H22N2O4. The molecule has 0 radical (unpaired) electrons. The fraction of sp³-hybridized carbons (Fsp3) is 0.350. The molecule has 2 rings (SSSR count). The van der Waals surface area contributed by atoms with Crippen molar-refractivity contribution in [3.63, 3.8) is 0 Å². The Balaban J connectivity index is 2.45. The molecule has 0 unspecified atom stereocenters. The van der Waals surface area contributed by atoms with E-state index >= 15 is 0 Å². The largest absolute Gasteiger partial charge is 0.493 e. The highest BCUT2D eigenvalue weighted by molar-refractivity contribution is 6.19. The minimum absolute atomic E-state index is 0.0257. The molecule has 0 saturated heterocycles. The van der Waals surface area contributed by atoms with Gasteiger partial charge in [-0.25, -0.2) is 0 Å². The molecule has 1 heterocycles. The first-order valence-electron chi connectivity index (χ1n) is 8.26. The van der Waals surface area contributed by atoms with Crippen LogP contribution < -0.4 is 9.47 Å². The molecule has 26 heavy (non-hydrogen) atoms. The number of amides is 2. The molecule has 136 valence electrons. The Morgan fingerprint density at radius 1 is 1.23 bits per heavy atom. The summed E-state index contributed by atoms with van der Waals surface area (Å²) in [4.78, 5) is 25.4. The fourth-order valence-electron chi connectivity index (χ4n) is 2.51. The molecule has 0 fully saturated rings. The normalized spacial score (nSPS) is 16.3. The van der Waals surface area contributed by atoms with Gasteiger partial charge in [-0.2, -0.15) is 5.26 Å². The molecule has 0 saturated carbocycles. The van der Waals surface area contributed by atoms with Crippen LogP contribution in [-0.2, 0) is 9.59 Å². The van der Waals surface area contributed by atoms with Crippen molar-refractivity contribution < 1.29 is 19.1 Å². The minimum atomic E-state index is -0.581. The Bertz CT molecular complexity index is 844. The van der Waals surface area contributed by atoms with Crippen LogP contribution in [0.4, 0.5) is 0 Å². The summed E-state index contributed by atoms with van der Waals surface area (Å²) in [5.41, 5.74) is 1.37. The van der Waals surface area contributed by atoms with E-state index in [0.717, 1.165) is 4.90 Å². The van der Waals surface area contributed by atoms with E-state index in [0.29, 0.717) is 40.7 Å². The van der Waals surface area contributed by atoms with Gasteiger partial charge in [0.1, 0.15) is 11.6 Å². The summed E-state index contributed by atoms with van der Waals surface area (Å²) in [5, 5.41) is 9.21. The molecule has 0 spiro atoms. The molecule has 1 aromatic carbocycles. The molecule has 0 atom stereocenters. The van der Waals surface area contributed by atoms with Crippen LogP contribution in [-0.4, -0.2) is 37.5 Å². The first-order valence-corrected chi connectivity index (χ1v) is 8.26. The van der Waals surface area contributed by atoms with E-state index in [9.17, 15) is 14.9 Å². The maximum absolute atomic E-state index is 12.4. The number of nitrogens with zero attached hydrogens (tertiary/aromatic N) is 2. The predicted octanol–water partition coefficient (Wildman–Crippen LogP) is 2.95. The third-order valence-electron chi connectivity index (χ3n) is 4.02. The molecule has 6 heteroatoms. The highest BCUT2D eigenvalue weighted by atomic mass is 16.5. The fourth-order valence-corrected chi connectivity index (χ4v) is 2.51. The lowest BCUT2D eigenvalue weighted by Crippen LogP contribution is -2.39. The lowest BCUT2D eigenvalue weighted by Gasteiger charge is -2.23. The Labute approximate surface area is 153 Å². The molecule has 0 aliphatic carbocycles. The summed E-state index contributed by atoms with van der Waals surface area (Å²) in [7, 11) is 2.91. The average molecular weight is 354 g/mol. The van der Waals surface area contributed by atoms with Gasteiger partial charge in [-0.1, -0.05) is 19.9 Å². The van der Waals surface area contributed by atoms with Crippen molar-refractivity contribution in [1.29, 1.82) is 5.26 Å². The third kappa shape index (κ3) is 3.77. The molecular weight excluding hydrogens is 332 g/mol. The van der Waals surface area contributed by atoms with Crippen LogP contribution in [0.2, 0.25) is 0 Å². The highest BCUT2D eigenvalue weighted by Gasteiger charge is 2.32. The summed E-state index contributed by atoms with van der Waals surface area (Å²) in [5.74, 6) is 0.532. The Hall–Kier alpha value is -3.07. The van der Waals surface area contributed by atoms with E-state index in [-0.39, 0.29) is 5.57 Å². The Morgan fingerprint density at radius 2 is 1.92 bits per heavy atom. The number of hydrogen-bond donors (Lipinski definition) is 0. The zero-order chi connectivity index (χ0) is 19.4. The van der Waals surface area contributed by atoms with Gasteiger partial charge >= 0.3 is 0 Å². The average Bonchev–Trinajstić information content (AvgIpc) is 2.62. The van der Waals surface area contributed by atoms with Gasteiger partial charge in [0.25, 0.3) is 11.8 Å². The second kappa shape index (κ2) is 7.87. The van der Waals surface area contributed by atoms with Crippen LogP contribution in [0.25, 0.3) is 6.08 Å². The summed E-state index contributed by atoms with van der Waals surface area (Å²) >= 11 is 0. The van der Waals surface area contributed by atoms with Crippen molar-refractivity contribution in [3.05, 3.63) is 40.5 Å². The number of benzene rings is 1. The van der Waals surface area contributed by atoms with Crippen molar-refractivity contribution in [2.45, 2.75) is 20.8 Å². The number of carbonyl (C=O) groups is 2. The number of imide groups is 1. The number of carbonyl (C=O) groups excluding carboxylic acids is 2. The first-order chi connectivity index (χ1) is 12.3. The first kappa shape index (κ1) is 19.3. The van der Waals surface area contributed by atoms with Crippen LogP contribution in [0.15, 0.2) is 34.9 Å². The number of methoxy groups -OCH3 is 1. The van der Waals surface area contributed by atoms with E-state index in [4.69, 9.17) is 9.47 Å². The molecule has 1 aliphatic rings. The van der Waals surface area contributed by atoms with Crippen molar-refractivity contribution in [1.82, 2.24) is 4.90 Å². The zero-order valence-corrected chi connectivity index (χ0v) is 15.6. The van der Waals surface area contributed by atoms with Gasteiger partial charge in [-0.05, 0) is 42.2 Å². The number of nitriles is 1. The van der Waals surface area contributed by atoms with Gasteiger partial charge in [0.05, 0.1) is 13.7 Å². The summed E-state index contributed by atoms with van der Waals surface area (Å²) in [6.07, 6.45) is 1.65. The quantitative estimate of drug-likeness (QED) is 0.600. The van der Waals surface area contributed by atoms with Crippen molar-refractivity contribution >= 4 is 17.9 Å². The summed E-state index contributed by atoms with van der Waals surface area (Å²) < 4.78 is 11.1. The second-order valence-electron chi connectivity index (χ2n) is 6.45. The summed E-state index contributed by atoms with van der Waals surface area (Å²) in [6.45, 7) is 6.28. The molecule has 1 aliphatic heterocycles. The van der Waals surface area contributed by atoms with Crippen molar-refractivity contribution in [2.24, 2.45) is 5.92 Å². The standard InChI is InChI=1S/C20H22N2O4/c1-12(2)11-26-17-7-6-14(9-18(17)25-5)8-15-13(3)16(10-21)20(24)22(4)19(15)23/h6-9,12H,11H2,1-5H3/b15-8+. The molecule has 0 bridgehead atoms. The number of hydrogen-bond acceptors (Lipinski definition) is 5. The zero-order valence-electron chi connectivity index (χ0n) is 15.6. The topological polar surface area (TPSA) is 79.6 Å². The Kier molecular flexibility index (Phi) is 5.83. The van der Waals surface area contributed by atoms with Crippen molar-refractivity contribution in [2.75, 3.05) is 20.8 Å². The van der Waals surface area contributed by atoms with Gasteiger partial charge in [-0.3, -0.25) is 14.5 Å². The number of rotatable bonds is 5. The van der Waals surface area contributed by atoms with Gasteiger partial charge in [0, 0.05) is 12.6 Å². The van der Waals surface area contributed by atoms with Crippen LogP contribution in [0.3, 0.4) is 0 Å². The van der Waals surface area contributed by atoms with Crippen molar-refractivity contribution in [3.8, 4) is 17.6 Å². The molecule has 0 aromatic heterocycles. The lowest BCUT2D eigenvalue weighted by atomic mass is 9.94.